The highest BCUT2D eigenvalue weighted by atomic mass is 16.5. The van der Waals surface area contributed by atoms with Crippen molar-refractivity contribution in [1.29, 1.82) is 0 Å². The van der Waals surface area contributed by atoms with Gasteiger partial charge in [-0.25, -0.2) is 4.79 Å². The summed E-state index contributed by atoms with van der Waals surface area (Å²) < 4.78 is 4.45. The number of methoxy groups -OCH3 is 1. The van der Waals surface area contributed by atoms with Crippen LogP contribution in [-0.4, -0.2) is 42.1 Å². The lowest BCUT2D eigenvalue weighted by atomic mass is 9.85. The molecule has 1 aliphatic carbocycles. The van der Waals surface area contributed by atoms with E-state index in [1.807, 2.05) is 0 Å². The highest BCUT2D eigenvalue weighted by molar-refractivity contribution is 5.85. The number of rotatable bonds is 6. The Balaban J connectivity index is 2.46. The van der Waals surface area contributed by atoms with E-state index in [9.17, 15) is 14.4 Å². The Hall–Kier alpha value is -1.63. The number of carbonyl (C=O) groups excluding carboxylic acids is 2. The first-order valence-electron chi connectivity index (χ1n) is 6.79. The van der Waals surface area contributed by atoms with Crippen LogP contribution in [0, 0.1) is 5.92 Å². The summed E-state index contributed by atoms with van der Waals surface area (Å²) in [5.74, 6) is -2.09. The predicted molar refractivity (Wildman–Crippen MR) is 70.7 cm³/mol. The quantitative estimate of drug-likeness (QED) is 0.593. The van der Waals surface area contributed by atoms with Crippen molar-refractivity contribution in [3.05, 3.63) is 0 Å². The first-order chi connectivity index (χ1) is 9.43. The molecule has 1 amide bonds. The Kier molecular flexibility index (Phi) is 6.44. The standard InChI is InChI=1S/C13H22N2O5/c1-20-11(16)7-6-10(13(18)19)15-12(17)8-2-4-9(14)5-3-8/h8-10H,2-7,14H2,1H3,(H,15,17)(H,18,19)/t8?,9?,10-/m1/s1. The van der Waals surface area contributed by atoms with E-state index >= 15 is 0 Å². The van der Waals surface area contributed by atoms with E-state index in [1.54, 1.807) is 0 Å². The van der Waals surface area contributed by atoms with E-state index in [1.165, 1.54) is 7.11 Å². The molecule has 0 saturated heterocycles. The maximum absolute atomic E-state index is 12.0. The Labute approximate surface area is 117 Å². The van der Waals surface area contributed by atoms with Crippen molar-refractivity contribution in [1.82, 2.24) is 5.32 Å². The summed E-state index contributed by atoms with van der Waals surface area (Å²) >= 11 is 0. The molecule has 1 rings (SSSR count). The highest BCUT2D eigenvalue weighted by Crippen LogP contribution is 2.23. The summed E-state index contributed by atoms with van der Waals surface area (Å²) in [6.45, 7) is 0. The zero-order valence-electron chi connectivity index (χ0n) is 11.6. The second-order valence-electron chi connectivity index (χ2n) is 5.13. The summed E-state index contributed by atoms with van der Waals surface area (Å²) in [6.07, 6.45) is 2.89. The van der Waals surface area contributed by atoms with Crippen LogP contribution in [0.1, 0.15) is 38.5 Å². The van der Waals surface area contributed by atoms with Crippen LogP contribution in [0.15, 0.2) is 0 Å². The third-order valence-corrected chi connectivity index (χ3v) is 3.62. The number of esters is 1. The number of nitrogens with one attached hydrogen (secondary N) is 1. The van der Waals surface area contributed by atoms with Gasteiger partial charge in [0.1, 0.15) is 6.04 Å². The van der Waals surface area contributed by atoms with Gasteiger partial charge in [-0.1, -0.05) is 0 Å². The SMILES string of the molecule is COC(=O)CC[C@@H](NC(=O)C1CCC(N)CC1)C(=O)O. The van der Waals surface area contributed by atoms with Gasteiger partial charge in [0.25, 0.3) is 0 Å². The van der Waals surface area contributed by atoms with Crippen LogP contribution in [0.5, 0.6) is 0 Å². The molecular weight excluding hydrogens is 264 g/mol. The van der Waals surface area contributed by atoms with Gasteiger partial charge in [-0.15, -0.1) is 0 Å². The van der Waals surface area contributed by atoms with Gasteiger partial charge in [-0.05, 0) is 32.1 Å². The van der Waals surface area contributed by atoms with Crippen molar-refractivity contribution in [2.24, 2.45) is 11.7 Å². The summed E-state index contributed by atoms with van der Waals surface area (Å²) in [4.78, 5) is 34.1. The van der Waals surface area contributed by atoms with Crippen LogP contribution in [0.25, 0.3) is 0 Å². The van der Waals surface area contributed by atoms with Gasteiger partial charge in [0.15, 0.2) is 0 Å². The molecule has 1 aliphatic rings. The molecule has 0 aliphatic heterocycles. The van der Waals surface area contributed by atoms with E-state index < -0.39 is 18.0 Å². The van der Waals surface area contributed by atoms with Crippen LogP contribution < -0.4 is 11.1 Å². The molecule has 1 saturated carbocycles. The molecule has 0 bridgehead atoms. The number of nitrogens with two attached hydrogens (primary N) is 1. The molecule has 0 aromatic heterocycles. The minimum atomic E-state index is -1.14. The number of carboxylic acids is 1. The molecule has 0 spiro atoms. The monoisotopic (exact) mass is 286 g/mol. The van der Waals surface area contributed by atoms with Crippen molar-refractivity contribution in [2.75, 3.05) is 7.11 Å². The van der Waals surface area contributed by atoms with Crippen LogP contribution in [-0.2, 0) is 19.1 Å². The molecule has 0 radical (unpaired) electrons. The Morgan fingerprint density at radius 3 is 2.40 bits per heavy atom. The van der Waals surface area contributed by atoms with Crippen molar-refractivity contribution in [2.45, 2.75) is 50.6 Å². The Bertz CT molecular complexity index is 364. The van der Waals surface area contributed by atoms with Gasteiger partial charge in [0, 0.05) is 18.4 Å². The molecule has 7 nitrogen and oxygen atoms in total. The average Bonchev–Trinajstić information content (AvgIpc) is 2.43. The molecule has 114 valence electrons. The third-order valence-electron chi connectivity index (χ3n) is 3.62. The molecule has 0 aromatic carbocycles. The number of hydrogen-bond acceptors (Lipinski definition) is 5. The minimum Gasteiger partial charge on any atom is -0.480 e. The average molecular weight is 286 g/mol. The summed E-state index contributed by atoms with van der Waals surface area (Å²) in [5, 5.41) is 11.6. The normalized spacial score (nSPS) is 23.7. The van der Waals surface area contributed by atoms with Crippen molar-refractivity contribution in [3.63, 3.8) is 0 Å². The van der Waals surface area contributed by atoms with Crippen LogP contribution in [0.3, 0.4) is 0 Å². The number of hydrogen-bond donors (Lipinski definition) is 3. The van der Waals surface area contributed by atoms with Gasteiger partial charge in [-0.2, -0.15) is 0 Å². The van der Waals surface area contributed by atoms with Gasteiger partial charge >= 0.3 is 11.9 Å². The fourth-order valence-electron chi connectivity index (χ4n) is 2.29. The Morgan fingerprint density at radius 2 is 1.90 bits per heavy atom. The fourth-order valence-corrected chi connectivity index (χ4v) is 2.29. The van der Waals surface area contributed by atoms with Crippen LogP contribution >= 0.6 is 0 Å². The lowest BCUT2D eigenvalue weighted by molar-refractivity contribution is -0.144. The van der Waals surface area contributed by atoms with Gasteiger partial charge < -0.3 is 20.9 Å². The lowest BCUT2D eigenvalue weighted by Crippen LogP contribution is -2.45. The molecule has 0 unspecified atom stereocenters. The second kappa shape index (κ2) is 7.84. The molecular formula is C13H22N2O5. The maximum Gasteiger partial charge on any atom is 0.326 e. The molecule has 0 heterocycles. The number of carbonyl (C=O) groups is 3. The first-order valence-corrected chi connectivity index (χ1v) is 6.79. The molecule has 1 fully saturated rings. The molecule has 0 aromatic rings. The molecule has 7 heteroatoms. The predicted octanol–water partition coefficient (Wildman–Crippen LogP) is 0.0265. The van der Waals surface area contributed by atoms with Crippen molar-refractivity contribution >= 4 is 17.8 Å². The van der Waals surface area contributed by atoms with E-state index in [0.717, 1.165) is 12.8 Å². The van der Waals surface area contributed by atoms with Gasteiger partial charge in [0.05, 0.1) is 7.11 Å². The Morgan fingerprint density at radius 1 is 1.30 bits per heavy atom. The summed E-state index contributed by atoms with van der Waals surface area (Å²) in [5.41, 5.74) is 5.77. The van der Waals surface area contributed by atoms with Crippen molar-refractivity contribution < 1.29 is 24.2 Å². The smallest absolute Gasteiger partial charge is 0.326 e. The number of amides is 1. The van der Waals surface area contributed by atoms with E-state index in [4.69, 9.17) is 10.8 Å². The molecule has 20 heavy (non-hydrogen) atoms. The van der Waals surface area contributed by atoms with Gasteiger partial charge in [0.2, 0.25) is 5.91 Å². The fraction of sp³-hybridized carbons (Fsp3) is 0.769. The minimum absolute atomic E-state index is 0.0278. The van der Waals surface area contributed by atoms with Crippen molar-refractivity contribution in [3.8, 4) is 0 Å². The lowest BCUT2D eigenvalue weighted by Gasteiger charge is -2.26. The van der Waals surface area contributed by atoms with Gasteiger partial charge in [-0.3, -0.25) is 9.59 Å². The third kappa shape index (κ3) is 5.16. The summed E-state index contributed by atoms with van der Waals surface area (Å²) in [6, 6.07) is -0.925. The van der Waals surface area contributed by atoms with Crippen LogP contribution in [0.2, 0.25) is 0 Å². The second-order valence-corrected chi connectivity index (χ2v) is 5.13. The first kappa shape index (κ1) is 16.4. The topological polar surface area (TPSA) is 119 Å². The van der Waals surface area contributed by atoms with E-state index in [-0.39, 0.29) is 30.7 Å². The van der Waals surface area contributed by atoms with E-state index in [0.29, 0.717) is 12.8 Å². The maximum atomic E-state index is 12.0. The van der Waals surface area contributed by atoms with E-state index in [2.05, 4.69) is 10.1 Å². The highest BCUT2D eigenvalue weighted by Gasteiger charge is 2.28. The number of carboxylic acid groups (broad SMARTS) is 1. The summed E-state index contributed by atoms with van der Waals surface area (Å²) in [7, 11) is 1.24. The zero-order valence-corrected chi connectivity index (χ0v) is 11.6. The molecule has 1 atom stereocenters. The van der Waals surface area contributed by atoms with Crippen LogP contribution in [0.4, 0.5) is 0 Å². The molecule has 4 N–H and O–H groups in total. The zero-order chi connectivity index (χ0) is 15.1. The largest absolute Gasteiger partial charge is 0.480 e. The number of aliphatic carboxylic acids is 1. The number of ether oxygens (including phenoxy) is 1.